The normalized spacial score (nSPS) is 16.3. The number of aromatic nitrogens is 1. The molecule has 2 heterocycles. The standard InChI is InChI=1S/C12H13N3/c1-2-4-11-10(3-1)12(5-6-14-11)15-9-7-13-8-9/h1-6,9,13H,7-8H2,(H,14,15). The number of benzene rings is 1. The Morgan fingerprint density at radius 2 is 2.07 bits per heavy atom. The van der Waals surface area contributed by atoms with Crippen molar-refractivity contribution in [2.75, 3.05) is 18.4 Å². The minimum atomic E-state index is 0.566. The van der Waals surface area contributed by atoms with E-state index in [-0.39, 0.29) is 0 Å². The summed E-state index contributed by atoms with van der Waals surface area (Å²) in [5.74, 6) is 0. The van der Waals surface area contributed by atoms with E-state index >= 15 is 0 Å². The summed E-state index contributed by atoms with van der Waals surface area (Å²) in [6.07, 6.45) is 1.86. The van der Waals surface area contributed by atoms with Crippen molar-refractivity contribution in [2.45, 2.75) is 6.04 Å². The molecule has 76 valence electrons. The van der Waals surface area contributed by atoms with Crippen LogP contribution in [0.1, 0.15) is 0 Å². The molecule has 2 aromatic rings. The van der Waals surface area contributed by atoms with Crippen LogP contribution in [0.3, 0.4) is 0 Å². The van der Waals surface area contributed by atoms with Gasteiger partial charge in [-0.15, -0.1) is 0 Å². The maximum Gasteiger partial charge on any atom is 0.0722 e. The Kier molecular flexibility index (Phi) is 2.03. The van der Waals surface area contributed by atoms with E-state index < -0.39 is 0 Å². The molecule has 0 saturated carbocycles. The van der Waals surface area contributed by atoms with Gasteiger partial charge < -0.3 is 10.6 Å². The van der Waals surface area contributed by atoms with Crippen molar-refractivity contribution < 1.29 is 0 Å². The average Bonchev–Trinajstić information content (AvgIpc) is 2.23. The first-order valence-corrected chi connectivity index (χ1v) is 5.24. The summed E-state index contributed by atoms with van der Waals surface area (Å²) in [6, 6.07) is 10.8. The lowest BCUT2D eigenvalue weighted by atomic mass is 10.1. The van der Waals surface area contributed by atoms with Gasteiger partial charge in [-0.25, -0.2) is 0 Å². The largest absolute Gasteiger partial charge is 0.379 e. The maximum absolute atomic E-state index is 4.34. The second-order valence-corrected chi connectivity index (χ2v) is 3.88. The van der Waals surface area contributed by atoms with E-state index in [0.29, 0.717) is 6.04 Å². The number of pyridine rings is 1. The van der Waals surface area contributed by atoms with Gasteiger partial charge in [-0.05, 0) is 12.1 Å². The molecule has 0 bridgehead atoms. The SMILES string of the molecule is c1ccc2c(NC3CNC3)ccnc2c1. The number of nitrogens with one attached hydrogen (secondary N) is 2. The number of hydrogen-bond acceptors (Lipinski definition) is 3. The predicted octanol–water partition coefficient (Wildman–Crippen LogP) is 1.62. The molecule has 1 aliphatic rings. The molecule has 1 aliphatic heterocycles. The van der Waals surface area contributed by atoms with Gasteiger partial charge in [0.25, 0.3) is 0 Å². The van der Waals surface area contributed by atoms with Crippen molar-refractivity contribution in [1.29, 1.82) is 0 Å². The highest BCUT2D eigenvalue weighted by Crippen LogP contribution is 2.21. The summed E-state index contributed by atoms with van der Waals surface area (Å²) in [5, 5.41) is 7.97. The van der Waals surface area contributed by atoms with E-state index in [4.69, 9.17) is 0 Å². The lowest BCUT2D eigenvalue weighted by molar-refractivity contribution is 0.472. The quantitative estimate of drug-likeness (QED) is 0.771. The molecule has 1 saturated heterocycles. The molecule has 3 heteroatoms. The van der Waals surface area contributed by atoms with E-state index in [1.807, 2.05) is 30.5 Å². The highest BCUT2D eigenvalue weighted by atomic mass is 15.1. The fraction of sp³-hybridized carbons (Fsp3) is 0.250. The molecule has 0 unspecified atom stereocenters. The first-order valence-electron chi connectivity index (χ1n) is 5.24. The van der Waals surface area contributed by atoms with Crippen LogP contribution in [0.2, 0.25) is 0 Å². The van der Waals surface area contributed by atoms with Crippen molar-refractivity contribution in [3.63, 3.8) is 0 Å². The molecule has 1 aromatic heterocycles. The summed E-state index contributed by atoms with van der Waals surface area (Å²) >= 11 is 0. The smallest absolute Gasteiger partial charge is 0.0722 e. The number of fused-ring (bicyclic) bond motifs is 1. The zero-order chi connectivity index (χ0) is 10.1. The number of nitrogens with zero attached hydrogens (tertiary/aromatic N) is 1. The monoisotopic (exact) mass is 199 g/mol. The molecule has 2 N–H and O–H groups in total. The molecular weight excluding hydrogens is 186 g/mol. The predicted molar refractivity (Wildman–Crippen MR) is 62.0 cm³/mol. The Labute approximate surface area is 88.5 Å². The zero-order valence-corrected chi connectivity index (χ0v) is 8.40. The van der Waals surface area contributed by atoms with Crippen LogP contribution in [0.4, 0.5) is 5.69 Å². The van der Waals surface area contributed by atoms with Crippen LogP contribution in [0.15, 0.2) is 36.5 Å². The van der Waals surface area contributed by atoms with Crippen molar-refractivity contribution in [3.05, 3.63) is 36.5 Å². The molecule has 0 aliphatic carbocycles. The molecule has 1 fully saturated rings. The lowest BCUT2D eigenvalue weighted by Gasteiger charge is -2.29. The average molecular weight is 199 g/mol. The number of anilines is 1. The second kappa shape index (κ2) is 3.51. The maximum atomic E-state index is 4.34. The van der Waals surface area contributed by atoms with Gasteiger partial charge >= 0.3 is 0 Å². The Balaban J connectivity index is 2.01. The summed E-state index contributed by atoms with van der Waals surface area (Å²) < 4.78 is 0. The van der Waals surface area contributed by atoms with Gasteiger partial charge in [0.1, 0.15) is 0 Å². The molecule has 3 rings (SSSR count). The summed E-state index contributed by atoms with van der Waals surface area (Å²) in [4.78, 5) is 4.34. The van der Waals surface area contributed by atoms with E-state index in [1.54, 1.807) is 0 Å². The van der Waals surface area contributed by atoms with Crippen LogP contribution in [0.5, 0.6) is 0 Å². The van der Waals surface area contributed by atoms with Gasteiger partial charge in [0.05, 0.1) is 11.6 Å². The molecule has 0 amide bonds. The highest BCUT2D eigenvalue weighted by Gasteiger charge is 2.16. The molecule has 15 heavy (non-hydrogen) atoms. The van der Waals surface area contributed by atoms with Crippen LogP contribution in [0.25, 0.3) is 10.9 Å². The number of rotatable bonds is 2. The zero-order valence-electron chi connectivity index (χ0n) is 8.40. The molecule has 3 nitrogen and oxygen atoms in total. The molecule has 0 radical (unpaired) electrons. The summed E-state index contributed by atoms with van der Waals surface area (Å²) in [6.45, 7) is 2.10. The van der Waals surface area contributed by atoms with Gasteiger partial charge in [0.15, 0.2) is 0 Å². The fourth-order valence-electron chi connectivity index (χ4n) is 1.83. The fourth-order valence-corrected chi connectivity index (χ4v) is 1.83. The van der Waals surface area contributed by atoms with Gasteiger partial charge in [0.2, 0.25) is 0 Å². The highest BCUT2D eigenvalue weighted by molar-refractivity contribution is 5.91. The van der Waals surface area contributed by atoms with Crippen LogP contribution in [0, 0.1) is 0 Å². The van der Waals surface area contributed by atoms with Crippen LogP contribution >= 0.6 is 0 Å². The Morgan fingerprint density at radius 3 is 2.87 bits per heavy atom. The Hall–Kier alpha value is -1.61. The lowest BCUT2D eigenvalue weighted by Crippen LogP contribution is -2.51. The van der Waals surface area contributed by atoms with Crippen LogP contribution in [-0.4, -0.2) is 24.1 Å². The van der Waals surface area contributed by atoms with Gasteiger partial charge in [-0.2, -0.15) is 0 Å². The van der Waals surface area contributed by atoms with Gasteiger partial charge in [0, 0.05) is 30.4 Å². The van der Waals surface area contributed by atoms with Crippen LogP contribution in [-0.2, 0) is 0 Å². The van der Waals surface area contributed by atoms with Gasteiger partial charge in [-0.3, -0.25) is 4.98 Å². The third kappa shape index (κ3) is 1.55. The molecule has 1 aromatic carbocycles. The Bertz CT molecular complexity index is 472. The van der Waals surface area contributed by atoms with E-state index in [0.717, 1.165) is 18.6 Å². The van der Waals surface area contributed by atoms with Crippen molar-refractivity contribution in [2.24, 2.45) is 0 Å². The van der Waals surface area contributed by atoms with E-state index in [1.165, 1.54) is 11.1 Å². The number of para-hydroxylation sites is 1. The van der Waals surface area contributed by atoms with Gasteiger partial charge in [-0.1, -0.05) is 18.2 Å². The third-order valence-corrected chi connectivity index (χ3v) is 2.79. The minimum absolute atomic E-state index is 0.566. The van der Waals surface area contributed by atoms with Crippen molar-refractivity contribution >= 4 is 16.6 Å². The minimum Gasteiger partial charge on any atom is -0.379 e. The van der Waals surface area contributed by atoms with Crippen molar-refractivity contribution in [3.8, 4) is 0 Å². The van der Waals surface area contributed by atoms with Crippen molar-refractivity contribution in [1.82, 2.24) is 10.3 Å². The number of hydrogen-bond donors (Lipinski definition) is 2. The molecule has 0 atom stereocenters. The first-order chi connectivity index (χ1) is 7.43. The molecule has 0 spiro atoms. The molecular formula is C12H13N3. The summed E-state index contributed by atoms with van der Waals surface area (Å²) in [7, 11) is 0. The summed E-state index contributed by atoms with van der Waals surface area (Å²) in [5.41, 5.74) is 2.24. The third-order valence-electron chi connectivity index (χ3n) is 2.79. The topological polar surface area (TPSA) is 37.0 Å². The first kappa shape index (κ1) is 8.68. The van der Waals surface area contributed by atoms with E-state index in [2.05, 4.69) is 21.7 Å². The Morgan fingerprint density at radius 1 is 1.20 bits per heavy atom. The van der Waals surface area contributed by atoms with E-state index in [9.17, 15) is 0 Å². The second-order valence-electron chi connectivity index (χ2n) is 3.88. The van der Waals surface area contributed by atoms with Crippen LogP contribution < -0.4 is 10.6 Å².